The molecule has 7 nitrogen and oxygen atoms in total. The van der Waals surface area contributed by atoms with E-state index in [2.05, 4.69) is 5.32 Å². The Hall–Kier alpha value is -2.58. The van der Waals surface area contributed by atoms with E-state index >= 15 is 0 Å². The molecule has 2 amide bonds. The van der Waals surface area contributed by atoms with Crippen LogP contribution in [0.3, 0.4) is 0 Å². The average Bonchev–Trinajstić information content (AvgIpc) is 2.76. The highest BCUT2D eigenvalue weighted by molar-refractivity contribution is 7.92. The monoisotopic (exact) mass is 493 g/mol. The molecule has 9 heteroatoms. The van der Waals surface area contributed by atoms with E-state index in [-0.39, 0.29) is 18.5 Å². The Morgan fingerprint density at radius 2 is 1.73 bits per heavy atom. The van der Waals surface area contributed by atoms with Crippen molar-refractivity contribution in [2.24, 2.45) is 0 Å². The minimum atomic E-state index is -3.80. The fourth-order valence-corrected chi connectivity index (χ4v) is 4.34. The van der Waals surface area contributed by atoms with Gasteiger partial charge in [0.1, 0.15) is 12.6 Å². The summed E-state index contributed by atoms with van der Waals surface area (Å²) in [5.74, 6) is -0.783. The van der Waals surface area contributed by atoms with Crippen LogP contribution in [0.2, 0.25) is 5.02 Å². The number of nitrogens with one attached hydrogen (secondary N) is 1. The normalized spacial score (nSPS) is 13.2. The Labute approximate surface area is 201 Å². The summed E-state index contributed by atoms with van der Waals surface area (Å²) in [4.78, 5) is 27.7. The van der Waals surface area contributed by atoms with Gasteiger partial charge >= 0.3 is 0 Å². The van der Waals surface area contributed by atoms with Crippen molar-refractivity contribution >= 4 is 39.1 Å². The van der Waals surface area contributed by atoms with E-state index in [4.69, 9.17) is 11.6 Å². The third-order valence-corrected chi connectivity index (χ3v) is 6.84. The van der Waals surface area contributed by atoms with Gasteiger partial charge in [-0.2, -0.15) is 0 Å². The van der Waals surface area contributed by atoms with Crippen LogP contribution in [0, 0.1) is 6.92 Å². The number of anilines is 1. The van der Waals surface area contributed by atoms with Crippen LogP contribution in [-0.4, -0.2) is 50.0 Å². The van der Waals surface area contributed by atoms with Crippen LogP contribution in [0.1, 0.15) is 38.3 Å². The summed E-state index contributed by atoms with van der Waals surface area (Å²) in [5, 5.41) is 3.26. The van der Waals surface area contributed by atoms with Crippen LogP contribution in [-0.2, 0) is 26.2 Å². The molecule has 33 heavy (non-hydrogen) atoms. The van der Waals surface area contributed by atoms with Crippen molar-refractivity contribution in [2.75, 3.05) is 17.1 Å². The van der Waals surface area contributed by atoms with Gasteiger partial charge in [-0.25, -0.2) is 8.42 Å². The lowest BCUT2D eigenvalue weighted by molar-refractivity contribution is -0.139. The number of benzene rings is 2. The second kappa shape index (κ2) is 11.5. The topological polar surface area (TPSA) is 86.8 Å². The smallest absolute Gasteiger partial charge is 0.244 e. The van der Waals surface area contributed by atoms with E-state index < -0.39 is 28.5 Å². The second-order valence-corrected chi connectivity index (χ2v) is 10.5. The van der Waals surface area contributed by atoms with Gasteiger partial charge in [0.15, 0.2) is 0 Å². The first-order chi connectivity index (χ1) is 15.4. The summed E-state index contributed by atoms with van der Waals surface area (Å²) in [6.07, 6.45) is 1.79. The van der Waals surface area contributed by atoms with Crippen molar-refractivity contribution in [1.82, 2.24) is 10.2 Å². The van der Waals surface area contributed by atoms with E-state index in [1.807, 2.05) is 44.2 Å². The molecule has 0 saturated heterocycles. The Bertz CT molecular complexity index is 1080. The first-order valence-electron chi connectivity index (χ1n) is 10.8. The quantitative estimate of drug-likeness (QED) is 0.546. The Morgan fingerprint density at radius 3 is 2.30 bits per heavy atom. The summed E-state index contributed by atoms with van der Waals surface area (Å²) in [6, 6.07) is 13.3. The molecular weight excluding hydrogens is 462 g/mol. The maximum Gasteiger partial charge on any atom is 0.244 e. The van der Waals surface area contributed by atoms with Gasteiger partial charge in [0.05, 0.1) is 11.9 Å². The SMILES string of the molecule is CC[C@@H](C)NC(=O)[C@@H](C)N(Cc1ccccc1)C(=O)CN(c1cc(Cl)ccc1C)S(C)(=O)=O. The fraction of sp³-hybridized carbons (Fsp3) is 0.417. The van der Waals surface area contributed by atoms with Gasteiger partial charge in [0.25, 0.3) is 0 Å². The minimum Gasteiger partial charge on any atom is -0.352 e. The van der Waals surface area contributed by atoms with Gasteiger partial charge in [-0.3, -0.25) is 13.9 Å². The van der Waals surface area contributed by atoms with E-state index in [0.29, 0.717) is 16.3 Å². The van der Waals surface area contributed by atoms with Gasteiger partial charge in [-0.1, -0.05) is 54.9 Å². The summed E-state index contributed by atoms with van der Waals surface area (Å²) in [5.41, 5.74) is 1.82. The molecule has 2 rings (SSSR count). The number of rotatable bonds is 10. The van der Waals surface area contributed by atoms with E-state index in [1.165, 1.54) is 11.0 Å². The van der Waals surface area contributed by atoms with E-state index in [9.17, 15) is 18.0 Å². The lowest BCUT2D eigenvalue weighted by Gasteiger charge is -2.32. The average molecular weight is 494 g/mol. The Morgan fingerprint density at radius 1 is 1.09 bits per heavy atom. The second-order valence-electron chi connectivity index (χ2n) is 8.20. The number of hydrogen-bond donors (Lipinski definition) is 1. The molecule has 0 unspecified atom stereocenters. The maximum atomic E-state index is 13.5. The van der Waals surface area contributed by atoms with E-state index in [0.717, 1.165) is 22.5 Å². The van der Waals surface area contributed by atoms with Gasteiger partial charge in [0.2, 0.25) is 21.8 Å². The van der Waals surface area contributed by atoms with Crippen molar-refractivity contribution in [3.05, 3.63) is 64.7 Å². The molecule has 2 aromatic rings. The van der Waals surface area contributed by atoms with Crippen LogP contribution in [0.25, 0.3) is 0 Å². The first kappa shape index (κ1) is 26.7. The molecule has 180 valence electrons. The zero-order valence-electron chi connectivity index (χ0n) is 19.7. The molecule has 0 spiro atoms. The standard InChI is InChI=1S/C24H32ClN3O4S/c1-6-18(3)26-24(30)19(4)27(15-20-10-8-7-9-11-20)23(29)16-28(33(5,31)32)22-14-21(25)13-12-17(22)2/h7-14,18-19H,6,15-16H2,1-5H3,(H,26,30)/t18-,19-/m1/s1. The van der Waals surface area contributed by atoms with Crippen molar-refractivity contribution in [3.8, 4) is 0 Å². The summed E-state index contributed by atoms with van der Waals surface area (Å²) in [7, 11) is -3.80. The van der Waals surface area contributed by atoms with E-state index in [1.54, 1.807) is 26.0 Å². The molecule has 2 aromatic carbocycles. The van der Waals surface area contributed by atoms with Gasteiger partial charge in [0, 0.05) is 17.6 Å². The largest absolute Gasteiger partial charge is 0.352 e. The molecule has 0 saturated carbocycles. The Kier molecular flexibility index (Phi) is 9.31. The predicted molar refractivity (Wildman–Crippen MR) is 133 cm³/mol. The highest BCUT2D eigenvalue weighted by atomic mass is 35.5. The summed E-state index contributed by atoms with van der Waals surface area (Å²) in [6.45, 7) is 6.96. The fourth-order valence-electron chi connectivity index (χ4n) is 3.27. The highest BCUT2D eigenvalue weighted by Gasteiger charge is 2.31. The zero-order chi connectivity index (χ0) is 24.8. The number of sulfonamides is 1. The maximum absolute atomic E-state index is 13.5. The number of carbonyl (C=O) groups excluding carboxylic acids is 2. The first-order valence-corrected chi connectivity index (χ1v) is 13.0. The highest BCUT2D eigenvalue weighted by Crippen LogP contribution is 2.26. The van der Waals surface area contributed by atoms with Crippen LogP contribution in [0.4, 0.5) is 5.69 Å². The Balaban J connectivity index is 2.40. The molecule has 0 heterocycles. The molecule has 0 bridgehead atoms. The minimum absolute atomic E-state index is 0.0461. The predicted octanol–water partition coefficient (Wildman–Crippen LogP) is 3.75. The number of carbonyl (C=O) groups is 2. The molecule has 0 fully saturated rings. The molecule has 0 aliphatic carbocycles. The van der Waals surface area contributed by atoms with Crippen molar-refractivity contribution in [3.63, 3.8) is 0 Å². The van der Waals surface area contributed by atoms with Crippen LogP contribution < -0.4 is 9.62 Å². The van der Waals surface area contributed by atoms with Crippen molar-refractivity contribution in [2.45, 2.75) is 52.7 Å². The zero-order valence-corrected chi connectivity index (χ0v) is 21.3. The van der Waals surface area contributed by atoms with Crippen molar-refractivity contribution < 1.29 is 18.0 Å². The number of hydrogen-bond acceptors (Lipinski definition) is 4. The number of nitrogens with zero attached hydrogens (tertiary/aromatic N) is 2. The number of amides is 2. The molecule has 0 aliphatic rings. The molecule has 0 aromatic heterocycles. The van der Waals surface area contributed by atoms with Crippen LogP contribution >= 0.6 is 11.6 Å². The number of halogens is 1. The molecule has 1 N–H and O–H groups in total. The molecule has 0 aliphatic heterocycles. The third kappa shape index (κ3) is 7.47. The molecular formula is C24H32ClN3O4S. The summed E-state index contributed by atoms with van der Waals surface area (Å²) < 4.78 is 26.3. The molecule has 0 radical (unpaired) electrons. The third-order valence-electron chi connectivity index (χ3n) is 5.48. The van der Waals surface area contributed by atoms with Gasteiger partial charge in [-0.15, -0.1) is 0 Å². The molecule has 2 atom stereocenters. The van der Waals surface area contributed by atoms with Gasteiger partial charge in [-0.05, 0) is 50.5 Å². The lowest BCUT2D eigenvalue weighted by atomic mass is 10.1. The van der Waals surface area contributed by atoms with Crippen molar-refractivity contribution in [1.29, 1.82) is 0 Å². The van der Waals surface area contributed by atoms with Crippen LogP contribution in [0.15, 0.2) is 48.5 Å². The van der Waals surface area contributed by atoms with Gasteiger partial charge < -0.3 is 10.2 Å². The number of aryl methyl sites for hydroxylation is 1. The van der Waals surface area contributed by atoms with Crippen LogP contribution in [0.5, 0.6) is 0 Å². The summed E-state index contributed by atoms with van der Waals surface area (Å²) >= 11 is 6.10. The lowest BCUT2D eigenvalue weighted by Crippen LogP contribution is -2.52.